The van der Waals surface area contributed by atoms with E-state index in [1.165, 1.54) is 11.1 Å². The number of rotatable bonds is 3. The first-order valence-electron chi connectivity index (χ1n) is 6.02. The lowest BCUT2D eigenvalue weighted by molar-refractivity contribution is 0.883. The number of benzene rings is 2. The van der Waals surface area contributed by atoms with Gasteiger partial charge in [-0.2, -0.15) is 5.26 Å². The van der Waals surface area contributed by atoms with Gasteiger partial charge in [0.1, 0.15) is 0 Å². The van der Waals surface area contributed by atoms with Gasteiger partial charge < -0.3 is 5.32 Å². The number of hydrogen-bond acceptors (Lipinski definition) is 2. The summed E-state index contributed by atoms with van der Waals surface area (Å²) < 4.78 is 0. The highest BCUT2D eigenvalue weighted by molar-refractivity contribution is 5.50. The molecule has 0 saturated heterocycles. The van der Waals surface area contributed by atoms with Crippen molar-refractivity contribution in [1.29, 1.82) is 5.26 Å². The van der Waals surface area contributed by atoms with Crippen LogP contribution in [-0.4, -0.2) is 0 Å². The quantitative estimate of drug-likeness (QED) is 0.873. The number of hydrogen-bond donors (Lipinski definition) is 1. The molecule has 90 valence electrons. The summed E-state index contributed by atoms with van der Waals surface area (Å²) in [6.07, 6.45) is 0. The molecule has 0 bridgehead atoms. The van der Waals surface area contributed by atoms with Crippen molar-refractivity contribution in [2.45, 2.75) is 19.9 Å². The molecule has 0 aliphatic rings. The van der Waals surface area contributed by atoms with Crippen LogP contribution in [0.25, 0.3) is 0 Å². The van der Waals surface area contributed by atoms with Gasteiger partial charge in [0.2, 0.25) is 0 Å². The molecule has 1 atom stereocenters. The van der Waals surface area contributed by atoms with E-state index >= 15 is 0 Å². The van der Waals surface area contributed by atoms with Crippen LogP contribution >= 0.6 is 0 Å². The predicted octanol–water partition coefficient (Wildman–Crippen LogP) is 4.04. The molecule has 0 aromatic heterocycles. The minimum absolute atomic E-state index is 0.221. The Kier molecular flexibility index (Phi) is 3.64. The smallest absolute Gasteiger partial charge is 0.0992 e. The van der Waals surface area contributed by atoms with Gasteiger partial charge in [0.25, 0.3) is 0 Å². The molecule has 2 aromatic rings. The Morgan fingerprint density at radius 3 is 2.61 bits per heavy atom. The van der Waals surface area contributed by atoms with Crippen molar-refractivity contribution < 1.29 is 0 Å². The number of nitrogens with zero attached hydrogens (tertiary/aromatic N) is 1. The fraction of sp³-hybridized carbons (Fsp3) is 0.188. The third kappa shape index (κ3) is 2.89. The van der Waals surface area contributed by atoms with Crippen LogP contribution < -0.4 is 5.32 Å². The summed E-state index contributed by atoms with van der Waals surface area (Å²) in [6, 6.07) is 18.4. The van der Waals surface area contributed by atoms with Gasteiger partial charge >= 0.3 is 0 Å². The van der Waals surface area contributed by atoms with E-state index in [-0.39, 0.29) is 6.04 Å². The van der Waals surface area contributed by atoms with E-state index in [0.717, 1.165) is 5.69 Å². The number of anilines is 1. The van der Waals surface area contributed by atoms with E-state index in [1.54, 1.807) is 0 Å². The maximum atomic E-state index is 8.87. The summed E-state index contributed by atoms with van der Waals surface area (Å²) in [5.74, 6) is 0. The summed E-state index contributed by atoms with van der Waals surface area (Å²) in [5, 5.41) is 12.3. The summed E-state index contributed by atoms with van der Waals surface area (Å²) >= 11 is 0. The lowest BCUT2D eigenvalue weighted by Crippen LogP contribution is -2.06. The molecule has 0 heterocycles. The van der Waals surface area contributed by atoms with Crippen LogP contribution in [-0.2, 0) is 0 Å². The summed E-state index contributed by atoms with van der Waals surface area (Å²) in [7, 11) is 0. The minimum Gasteiger partial charge on any atom is -0.378 e. The molecule has 0 aliphatic heterocycles. The molecule has 0 spiro atoms. The summed E-state index contributed by atoms with van der Waals surface area (Å²) in [6.45, 7) is 4.21. The van der Waals surface area contributed by atoms with Crippen molar-refractivity contribution in [3.05, 3.63) is 65.2 Å². The van der Waals surface area contributed by atoms with Crippen LogP contribution in [0.1, 0.15) is 29.7 Å². The first-order chi connectivity index (χ1) is 8.69. The van der Waals surface area contributed by atoms with Crippen LogP contribution in [0.15, 0.2) is 48.5 Å². The fourth-order valence-electron chi connectivity index (χ4n) is 1.95. The van der Waals surface area contributed by atoms with Crippen molar-refractivity contribution in [3.63, 3.8) is 0 Å². The Balaban J connectivity index is 2.16. The van der Waals surface area contributed by atoms with E-state index in [9.17, 15) is 0 Å². The van der Waals surface area contributed by atoms with Gasteiger partial charge in [0, 0.05) is 11.7 Å². The number of aryl methyl sites for hydroxylation is 1. The molecule has 2 rings (SSSR count). The molecular weight excluding hydrogens is 220 g/mol. The molecular formula is C16H16N2. The molecule has 18 heavy (non-hydrogen) atoms. The second-order valence-electron chi connectivity index (χ2n) is 4.47. The van der Waals surface area contributed by atoms with E-state index in [2.05, 4.69) is 49.5 Å². The van der Waals surface area contributed by atoms with Crippen molar-refractivity contribution in [2.75, 3.05) is 5.32 Å². The second kappa shape index (κ2) is 5.37. The zero-order valence-electron chi connectivity index (χ0n) is 10.6. The van der Waals surface area contributed by atoms with E-state index < -0.39 is 0 Å². The van der Waals surface area contributed by atoms with Crippen LogP contribution in [0, 0.1) is 18.3 Å². The maximum Gasteiger partial charge on any atom is 0.0992 e. The molecule has 2 nitrogen and oxygen atoms in total. The summed E-state index contributed by atoms with van der Waals surface area (Å²) in [4.78, 5) is 0. The molecule has 0 radical (unpaired) electrons. The zero-order chi connectivity index (χ0) is 13.0. The van der Waals surface area contributed by atoms with Gasteiger partial charge in [0.15, 0.2) is 0 Å². The second-order valence-corrected chi connectivity index (χ2v) is 4.47. The topological polar surface area (TPSA) is 35.8 Å². The molecule has 0 saturated carbocycles. The third-order valence-corrected chi connectivity index (χ3v) is 2.92. The Morgan fingerprint density at radius 1 is 1.11 bits per heavy atom. The van der Waals surface area contributed by atoms with Crippen molar-refractivity contribution >= 4 is 5.69 Å². The van der Waals surface area contributed by atoms with Gasteiger partial charge in [-0.1, -0.05) is 35.9 Å². The van der Waals surface area contributed by atoms with Crippen LogP contribution in [0.5, 0.6) is 0 Å². The van der Waals surface area contributed by atoms with Gasteiger partial charge in [-0.05, 0) is 37.6 Å². The third-order valence-electron chi connectivity index (χ3n) is 2.92. The SMILES string of the molecule is Cc1cccc(C(C)Nc2cccc(C#N)c2)c1. The predicted molar refractivity (Wildman–Crippen MR) is 74.4 cm³/mol. The van der Waals surface area contributed by atoms with E-state index in [1.807, 2.05) is 24.3 Å². The molecule has 0 aliphatic carbocycles. The maximum absolute atomic E-state index is 8.87. The number of nitriles is 1. The minimum atomic E-state index is 0.221. The Bertz CT molecular complexity index is 582. The van der Waals surface area contributed by atoms with Gasteiger partial charge in [0.05, 0.1) is 11.6 Å². The molecule has 0 fully saturated rings. The molecule has 0 amide bonds. The highest BCUT2D eigenvalue weighted by Crippen LogP contribution is 2.20. The van der Waals surface area contributed by atoms with Crippen LogP contribution in [0.2, 0.25) is 0 Å². The fourth-order valence-corrected chi connectivity index (χ4v) is 1.95. The Morgan fingerprint density at radius 2 is 1.89 bits per heavy atom. The number of nitrogens with one attached hydrogen (secondary N) is 1. The van der Waals surface area contributed by atoms with Crippen molar-refractivity contribution in [3.8, 4) is 6.07 Å². The molecule has 2 heteroatoms. The molecule has 1 unspecified atom stereocenters. The Labute approximate surface area is 108 Å². The van der Waals surface area contributed by atoms with Gasteiger partial charge in [-0.15, -0.1) is 0 Å². The van der Waals surface area contributed by atoms with Crippen LogP contribution in [0.3, 0.4) is 0 Å². The van der Waals surface area contributed by atoms with Gasteiger partial charge in [-0.3, -0.25) is 0 Å². The average molecular weight is 236 g/mol. The highest BCUT2D eigenvalue weighted by Gasteiger charge is 2.05. The van der Waals surface area contributed by atoms with E-state index in [0.29, 0.717) is 5.56 Å². The zero-order valence-corrected chi connectivity index (χ0v) is 10.6. The molecule has 2 aromatic carbocycles. The Hall–Kier alpha value is -2.27. The van der Waals surface area contributed by atoms with Crippen molar-refractivity contribution in [2.24, 2.45) is 0 Å². The van der Waals surface area contributed by atoms with Crippen LogP contribution in [0.4, 0.5) is 5.69 Å². The lowest BCUT2D eigenvalue weighted by Gasteiger charge is -2.16. The highest BCUT2D eigenvalue weighted by atomic mass is 14.9. The molecule has 1 N–H and O–H groups in total. The standard InChI is InChI=1S/C16H16N2/c1-12-5-3-7-15(9-12)13(2)18-16-8-4-6-14(10-16)11-17/h3-10,13,18H,1-2H3. The van der Waals surface area contributed by atoms with Gasteiger partial charge in [-0.25, -0.2) is 0 Å². The van der Waals surface area contributed by atoms with E-state index in [4.69, 9.17) is 5.26 Å². The average Bonchev–Trinajstić information content (AvgIpc) is 2.39. The lowest BCUT2D eigenvalue weighted by atomic mass is 10.1. The normalized spacial score (nSPS) is 11.6. The monoisotopic (exact) mass is 236 g/mol. The largest absolute Gasteiger partial charge is 0.378 e. The van der Waals surface area contributed by atoms with Crippen molar-refractivity contribution in [1.82, 2.24) is 0 Å². The first-order valence-corrected chi connectivity index (χ1v) is 6.02. The summed E-state index contributed by atoms with van der Waals surface area (Å²) in [5.41, 5.74) is 4.16. The first kappa shape index (κ1) is 12.2.